The number of hydrogen-bond donors (Lipinski definition) is 2. The van der Waals surface area contributed by atoms with Crippen LogP contribution in [0.4, 0.5) is 0 Å². The number of nitrogens with zero attached hydrogens (tertiary/aromatic N) is 1. The molecule has 16 heavy (non-hydrogen) atoms. The van der Waals surface area contributed by atoms with Crippen LogP contribution < -0.4 is 11.1 Å². The van der Waals surface area contributed by atoms with E-state index in [0.29, 0.717) is 31.1 Å². The molecule has 1 saturated heterocycles. The SMILES string of the molecule is CCC(=O)N1CSCC1C(=O)NCCCN. The van der Waals surface area contributed by atoms with E-state index in [1.807, 2.05) is 6.92 Å². The van der Waals surface area contributed by atoms with E-state index in [2.05, 4.69) is 5.32 Å². The van der Waals surface area contributed by atoms with Crippen molar-refractivity contribution in [2.75, 3.05) is 24.7 Å². The third kappa shape index (κ3) is 3.38. The molecule has 5 nitrogen and oxygen atoms in total. The quantitative estimate of drug-likeness (QED) is 0.656. The van der Waals surface area contributed by atoms with Crippen LogP contribution in [-0.4, -0.2) is 47.5 Å². The number of hydrogen-bond acceptors (Lipinski definition) is 4. The minimum atomic E-state index is -0.296. The smallest absolute Gasteiger partial charge is 0.243 e. The number of carbonyl (C=O) groups excluding carboxylic acids is 2. The van der Waals surface area contributed by atoms with Crippen LogP contribution in [0.15, 0.2) is 0 Å². The monoisotopic (exact) mass is 245 g/mol. The van der Waals surface area contributed by atoms with Crippen molar-refractivity contribution in [2.24, 2.45) is 5.73 Å². The number of nitrogens with one attached hydrogen (secondary N) is 1. The normalized spacial score (nSPS) is 19.9. The molecule has 0 bridgehead atoms. The Hall–Kier alpha value is -0.750. The van der Waals surface area contributed by atoms with Crippen LogP contribution in [0.5, 0.6) is 0 Å². The highest BCUT2D eigenvalue weighted by Crippen LogP contribution is 2.21. The maximum Gasteiger partial charge on any atom is 0.243 e. The highest BCUT2D eigenvalue weighted by molar-refractivity contribution is 7.99. The Morgan fingerprint density at radius 3 is 2.94 bits per heavy atom. The fraction of sp³-hybridized carbons (Fsp3) is 0.800. The predicted octanol–water partition coefficient (Wildman–Crippen LogP) is -0.237. The molecule has 1 heterocycles. The van der Waals surface area contributed by atoms with E-state index in [1.54, 1.807) is 16.7 Å². The lowest BCUT2D eigenvalue weighted by Crippen LogP contribution is -2.47. The summed E-state index contributed by atoms with van der Waals surface area (Å²) in [6, 6.07) is -0.296. The first-order valence-corrected chi connectivity index (χ1v) is 6.71. The number of thioether (sulfide) groups is 1. The Kier molecular flexibility index (Phi) is 5.62. The zero-order valence-electron chi connectivity index (χ0n) is 9.57. The summed E-state index contributed by atoms with van der Waals surface area (Å²) in [5.74, 6) is 1.31. The lowest BCUT2D eigenvalue weighted by Gasteiger charge is -2.22. The van der Waals surface area contributed by atoms with E-state index >= 15 is 0 Å². The predicted molar refractivity (Wildman–Crippen MR) is 64.9 cm³/mol. The fourth-order valence-corrected chi connectivity index (χ4v) is 2.72. The van der Waals surface area contributed by atoms with Gasteiger partial charge in [0.05, 0.1) is 5.88 Å². The third-order valence-corrected chi connectivity index (χ3v) is 3.50. The van der Waals surface area contributed by atoms with Gasteiger partial charge < -0.3 is 16.0 Å². The molecule has 0 aliphatic carbocycles. The molecule has 0 radical (unpaired) electrons. The van der Waals surface area contributed by atoms with Gasteiger partial charge in [-0.05, 0) is 13.0 Å². The molecule has 6 heteroatoms. The van der Waals surface area contributed by atoms with Crippen LogP contribution in [0.2, 0.25) is 0 Å². The van der Waals surface area contributed by atoms with Gasteiger partial charge in [0, 0.05) is 18.7 Å². The summed E-state index contributed by atoms with van der Waals surface area (Å²) in [7, 11) is 0. The van der Waals surface area contributed by atoms with Gasteiger partial charge in [-0.15, -0.1) is 11.8 Å². The highest BCUT2D eigenvalue weighted by atomic mass is 32.2. The summed E-state index contributed by atoms with van der Waals surface area (Å²) in [5, 5.41) is 2.81. The third-order valence-electron chi connectivity index (χ3n) is 2.49. The highest BCUT2D eigenvalue weighted by Gasteiger charge is 2.33. The fourth-order valence-electron chi connectivity index (χ4n) is 1.54. The first kappa shape index (κ1) is 13.3. The molecule has 1 unspecified atom stereocenters. The second-order valence-electron chi connectivity index (χ2n) is 3.67. The number of rotatable bonds is 5. The average molecular weight is 245 g/mol. The topological polar surface area (TPSA) is 75.4 Å². The van der Waals surface area contributed by atoms with Crippen LogP contribution in [-0.2, 0) is 9.59 Å². The van der Waals surface area contributed by atoms with E-state index in [1.165, 1.54) is 0 Å². The van der Waals surface area contributed by atoms with Gasteiger partial charge in [-0.1, -0.05) is 6.92 Å². The maximum absolute atomic E-state index is 11.8. The zero-order chi connectivity index (χ0) is 12.0. The summed E-state index contributed by atoms with van der Waals surface area (Å²) < 4.78 is 0. The molecule has 2 amide bonds. The molecule has 92 valence electrons. The lowest BCUT2D eigenvalue weighted by molar-refractivity contribution is -0.137. The van der Waals surface area contributed by atoms with Gasteiger partial charge >= 0.3 is 0 Å². The molecule has 1 aliphatic heterocycles. The van der Waals surface area contributed by atoms with Gasteiger partial charge in [0.2, 0.25) is 11.8 Å². The van der Waals surface area contributed by atoms with Crippen LogP contribution in [0.25, 0.3) is 0 Å². The Morgan fingerprint density at radius 2 is 2.31 bits per heavy atom. The van der Waals surface area contributed by atoms with Gasteiger partial charge in [-0.25, -0.2) is 0 Å². The Morgan fingerprint density at radius 1 is 1.56 bits per heavy atom. The largest absolute Gasteiger partial charge is 0.354 e. The van der Waals surface area contributed by atoms with Crippen molar-refractivity contribution in [1.82, 2.24) is 10.2 Å². The van der Waals surface area contributed by atoms with E-state index in [0.717, 1.165) is 6.42 Å². The van der Waals surface area contributed by atoms with E-state index in [4.69, 9.17) is 5.73 Å². The van der Waals surface area contributed by atoms with Crippen molar-refractivity contribution in [1.29, 1.82) is 0 Å². The summed E-state index contributed by atoms with van der Waals surface area (Å²) >= 11 is 1.62. The van der Waals surface area contributed by atoms with Gasteiger partial charge in [0.15, 0.2) is 0 Å². The molecule has 0 aromatic carbocycles. The Bertz CT molecular complexity index is 260. The van der Waals surface area contributed by atoms with E-state index < -0.39 is 0 Å². The molecule has 0 spiro atoms. The zero-order valence-corrected chi connectivity index (χ0v) is 10.4. The summed E-state index contributed by atoms with van der Waals surface area (Å²) in [6.45, 7) is 2.97. The second kappa shape index (κ2) is 6.75. The van der Waals surface area contributed by atoms with Gasteiger partial charge in [-0.2, -0.15) is 0 Å². The van der Waals surface area contributed by atoms with Gasteiger partial charge in [-0.3, -0.25) is 9.59 Å². The first-order valence-electron chi connectivity index (χ1n) is 5.55. The summed E-state index contributed by atoms with van der Waals surface area (Å²) in [6.07, 6.45) is 1.22. The van der Waals surface area contributed by atoms with Gasteiger partial charge in [0.1, 0.15) is 6.04 Å². The molecule has 0 saturated carbocycles. The van der Waals surface area contributed by atoms with Crippen molar-refractivity contribution in [2.45, 2.75) is 25.8 Å². The van der Waals surface area contributed by atoms with E-state index in [9.17, 15) is 9.59 Å². The van der Waals surface area contributed by atoms with E-state index in [-0.39, 0.29) is 17.9 Å². The molecule has 1 atom stereocenters. The van der Waals surface area contributed by atoms with Crippen LogP contribution >= 0.6 is 11.8 Å². The molecule has 0 aromatic rings. The van der Waals surface area contributed by atoms with Crippen molar-refractivity contribution in [3.05, 3.63) is 0 Å². The number of carbonyl (C=O) groups is 2. The number of amides is 2. The summed E-state index contributed by atoms with van der Waals surface area (Å²) in [5.41, 5.74) is 5.35. The molecule has 1 rings (SSSR count). The lowest BCUT2D eigenvalue weighted by atomic mass is 10.2. The van der Waals surface area contributed by atoms with Crippen molar-refractivity contribution < 1.29 is 9.59 Å². The van der Waals surface area contributed by atoms with Crippen molar-refractivity contribution >= 4 is 23.6 Å². The minimum Gasteiger partial charge on any atom is -0.354 e. The van der Waals surface area contributed by atoms with Crippen LogP contribution in [0.1, 0.15) is 19.8 Å². The van der Waals surface area contributed by atoms with Crippen LogP contribution in [0, 0.1) is 0 Å². The first-order chi connectivity index (χ1) is 7.70. The number of nitrogens with two attached hydrogens (primary N) is 1. The molecule has 1 aliphatic rings. The standard InChI is InChI=1S/C10H19N3O2S/c1-2-9(14)13-7-16-6-8(13)10(15)12-5-3-4-11/h8H,2-7,11H2,1H3,(H,12,15). The van der Waals surface area contributed by atoms with Gasteiger partial charge in [0.25, 0.3) is 0 Å². The Balaban J connectivity index is 2.44. The van der Waals surface area contributed by atoms with Crippen LogP contribution in [0.3, 0.4) is 0 Å². The molecule has 3 N–H and O–H groups in total. The molecule has 1 fully saturated rings. The van der Waals surface area contributed by atoms with Crippen molar-refractivity contribution in [3.63, 3.8) is 0 Å². The molecule has 0 aromatic heterocycles. The molecular weight excluding hydrogens is 226 g/mol. The maximum atomic E-state index is 11.8. The Labute approximate surface area is 100 Å². The minimum absolute atomic E-state index is 0.0453. The van der Waals surface area contributed by atoms with Crippen molar-refractivity contribution in [3.8, 4) is 0 Å². The molecular formula is C10H19N3O2S. The summed E-state index contributed by atoms with van der Waals surface area (Å²) in [4.78, 5) is 25.0. The second-order valence-corrected chi connectivity index (χ2v) is 4.67. The average Bonchev–Trinajstić information content (AvgIpc) is 2.77.